The number of rotatable bonds is 10. The highest BCUT2D eigenvalue weighted by atomic mass is 16.5. The van der Waals surface area contributed by atoms with Crippen molar-refractivity contribution in [1.29, 1.82) is 0 Å². The van der Waals surface area contributed by atoms with Crippen molar-refractivity contribution in [2.24, 2.45) is 4.99 Å². The Labute approximate surface area is 159 Å². The van der Waals surface area contributed by atoms with Crippen LogP contribution in [0, 0.1) is 0 Å². The van der Waals surface area contributed by atoms with Crippen molar-refractivity contribution in [1.82, 2.24) is 15.1 Å². The van der Waals surface area contributed by atoms with Crippen LogP contribution < -0.4 is 5.32 Å². The Kier molecular flexibility index (Phi) is 11.0. The van der Waals surface area contributed by atoms with Crippen LogP contribution in [0.4, 0.5) is 0 Å². The number of hydrogen-bond acceptors (Lipinski definition) is 5. The van der Waals surface area contributed by atoms with Gasteiger partial charge in [-0.3, -0.25) is 9.89 Å². The second-order valence-corrected chi connectivity index (χ2v) is 7.04. The molecule has 2 aliphatic heterocycles. The summed E-state index contributed by atoms with van der Waals surface area (Å²) in [7, 11) is 3.61. The first kappa shape index (κ1) is 21.4. The molecule has 0 unspecified atom stereocenters. The molecule has 0 saturated carbocycles. The van der Waals surface area contributed by atoms with Crippen LogP contribution >= 0.6 is 0 Å². The lowest BCUT2D eigenvalue weighted by atomic mass is 10.1. The molecule has 0 bridgehead atoms. The summed E-state index contributed by atoms with van der Waals surface area (Å²) < 4.78 is 16.4. The summed E-state index contributed by atoms with van der Waals surface area (Å²) in [5.74, 6) is 1.04. The first-order chi connectivity index (χ1) is 12.8. The number of methoxy groups -OCH3 is 1. The molecular formula is C19H38N4O3. The lowest BCUT2D eigenvalue weighted by Crippen LogP contribution is -2.47. The largest absolute Gasteiger partial charge is 0.385 e. The third-order valence-electron chi connectivity index (χ3n) is 5.09. The van der Waals surface area contributed by atoms with E-state index in [1.54, 1.807) is 7.11 Å². The van der Waals surface area contributed by atoms with E-state index in [9.17, 15) is 0 Å². The van der Waals surface area contributed by atoms with E-state index in [0.29, 0.717) is 6.10 Å². The van der Waals surface area contributed by atoms with E-state index >= 15 is 0 Å². The van der Waals surface area contributed by atoms with E-state index < -0.39 is 0 Å². The van der Waals surface area contributed by atoms with E-state index in [1.807, 2.05) is 7.05 Å². The van der Waals surface area contributed by atoms with Crippen LogP contribution in [-0.2, 0) is 14.2 Å². The molecule has 2 saturated heterocycles. The van der Waals surface area contributed by atoms with Gasteiger partial charge in [-0.05, 0) is 38.6 Å². The maximum absolute atomic E-state index is 5.94. The van der Waals surface area contributed by atoms with E-state index in [0.717, 1.165) is 84.4 Å². The highest BCUT2D eigenvalue weighted by molar-refractivity contribution is 5.79. The summed E-state index contributed by atoms with van der Waals surface area (Å²) in [6, 6.07) is 0. The average molecular weight is 371 g/mol. The summed E-state index contributed by atoms with van der Waals surface area (Å²) in [6.07, 6.45) is 5.91. The SMILES string of the molecule is CN=C(NCCCCN1CCOCC1)N1CCC(OCCCOC)CC1. The Hall–Kier alpha value is -0.890. The average Bonchev–Trinajstić information content (AvgIpc) is 2.69. The fourth-order valence-electron chi connectivity index (χ4n) is 3.51. The molecule has 2 fully saturated rings. The maximum atomic E-state index is 5.94. The molecule has 0 radical (unpaired) electrons. The van der Waals surface area contributed by atoms with Crippen LogP contribution in [0.15, 0.2) is 4.99 Å². The molecule has 0 spiro atoms. The summed E-state index contributed by atoms with van der Waals surface area (Å²) >= 11 is 0. The first-order valence-corrected chi connectivity index (χ1v) is 10.2. The molecule has 2 heterocycles. The Morgan fingerprint density at radius 3 is 2.54 bits per heavy atom. The van der Waals surface area contributed by atoms with Crippen molar-refractivity contribution in [3.8, 4) is 0 Å². The number of guanidine groups is 1. The van der Waals surface area contributed by atoms with Crippen molar-refractivity contribution in [2.75, 3.05) is 79.9 Å². The molecule has 26 heavy (non-hydrogen) atoms. The van der Waals surface area contributed by atoms with Crippen LogP contribution in [0.2, 0.25) is 0 Å². The van der Waals surface area contributed by atoms with Gasteiger partial charge in [0.05, 0.1) is 19.3 Å². The van der Waals surface area contributed by atoms with Gasteiger partial charge < -0.3 is 24.4 Å². The van der Waals surface area contributed by atoms with E-state index in [4.69, 9.17) is 14.2 Å². The highest BCUT2D eigenvalue weighted by Gasteiger charge is 2.21. The molecule has 7 heteroatoms. The van der Waals surface area contributed by atoms with Crippen LogP contribution in [0.1, 0.15) is 32.1 Å². The fraction of sp³-hybridized carbons (Fsp3) is 0.947. The number of aliphatic imine (C=N–C) groups is 1. The minimum absolute atomic E-state index is 0.384. The normalized spacial score (nSPS) is 20.5. The number of unbranched alkanes of at least 4 members (excludes halogenated alkanes) is 1. The van der Waals surface area contributed by atoms with Gasteiger partial charge in [0, 0.05) is 60.1 Å². The smallest absolute Gasteiger partial charge is 0.193 e. The lowest BCUT2D eigenvalue weighted by Gasteiger charge is -2.34. The molecule has 2 aliphatic rings. The molecule has 0 aliphatic carbocycles. The predicted molar refractivity (Wildman–Crippen MR) is 105 cm³/mol. The van der Waals surface area contributed by atoms with Gasteiger partial charge in [0.2, 0.25) is 0 Å². The Morgan fingerprint density at radius 1 is 1.08 bits per heavy atom. The topological polar surface area (TPSA) is 58.6 Å². The quantitative estimate of drug-likeness (QED) is 0.354. The maximum Gasteiger partial charge on any atom is 0.193 e. The van der Waals surface area contributed by atoms with Gasteiger partial charge in [0.1, 0.15) is 0 Å². The van der Waals surface area contributed by atoms with Crippen LogP contribution in [0.3, 0.4) is 0 Å². The molecule has 2 rings (SSSR count). The van der Waals surface area contributed by atoms with E-state index in [2.05, 4.69) is 20.1 Å². The molecule has 152 valence electrons. The zero-order chi connectivity index (χ0) is 18.5. The third-order valence-corrected chi connectivity index (χ3v) is 5.09. The zero-order valence-electron chi connectivity index (χ0n) is 16.8. The van der Waals surface area contributed by atoms with Gasteiger partial charge in [0.15, 0.2) is 5.96 Å². The number of likely N-dealkylation sites (tertiary alicyclic amines) is 1. The summed E-state index contributed by atoms with van der Waals surface area (Å²) in [4.78, 5) is 9.31. The van der Waals surface area contributed by atoms with Crippen molar-refractivity contribution in [2.45, 2.75) is 38.2 Å². The second kappa shape index (κ2) is 13.3. The number of nitrogens with zero attached hydrogens (tertiary/aromatic N) is 3. The van der Waals surface area contributed by atoms with Gasteiger partial charge >= 0.3 is 0 Å². The summed E-state index contributed by atoms with van der Waals surface area (Å²) in [5, 5.41) is 3.53. The van der Waals surface area contributed by atoms with Gasteiger partial charge in [-0.2, -0.15) is 0 Å². The molecule has 0 aromatic carbocycles. The van der Waals surface area contributed by atoms with Crippen molar-refractivity contribution in [3.63, 3.8) is 0 Å². The van der Waals surface area contributed by atoms with Crippen LogP contribution in [-0.4, -0.2) is 102 Å². The van der Waals surface area contributed by atoms with Gasteiger partial charge in [-0.15, -0.1) is 0 Å². The summed E-state index contributed by atoms with van der Waals surface area (Å²) in [5.41, 5.74) is 0. The van der Waals surface area contributed by atoms with E-state index in [1.165, 1.54) is 19.4 Å². The fourth-order valence-corrected chi connectivity index (χ4v) is 3.51. The monoisotopic (exact) mass is 370 g/mol. The molecular weight excluding hydrogens is 332 g/mol. The number of piperidine rings is 1. The standard InChI is InChI=1S/C19H38N4O3/c1-20-19(21-8-3-4-9-22-12-16-25-17-13-22)23-10-6-18(7-11-23)26-15-5-14-24-2/h18H,3-17H2,1-2H3,(H,20,21). The number of nitrogens with one attached hydrogen (secondary N) is 1. The van der Waals surface area contributed by atoms with Gasteiger partial charge in [-0.1, -0.05) is 0 Å². The Balaban J connectivity index is 1.53. The van der Waals surface area contributed by atoms with Gasteiger partial charge in [-0.25, -0.2) is 0 Å². The minimum Gasteiger partial charge on any atom is -0.385 e. The molecule has 0 aromatic rings. The minimum atomic E-state index is 0.384. The van der Waals surface area contributed by atoms with Crippen LogP contribution in [0.25, 0.3) is 0 Å². The first-order valence-electron chi connectivity index (χ1n) is 10.2. The van der Waals surface area contributed by atoms with Gasteiger partial charge in [0.25, 0.3) is 0 Å². The van der Waals surface area contributed by atoms with E-state index in [-0.39, 0.29) is 0 Å². The summed E-state index contributed by atoms with van der Waals surface area (Å²) in [6.45, 7) is 9.71. The predicted octanol–water partition coefficient (Wildman–Crippen LogP) is 1.19. The molecule has 7 nitrogen and oxygen atoms in total. The third kappa shape index (κ3) is 8.20. The second-order valence-electron chi connectivity index (χ2n) is 7.04. The number of morpholine rings is 1. The molecule has 1 N–H and O–H groups in total. The number of ether oxygens (including phenoxy) is 3. The van der Waals surface area contributed by atoms with Crippen LogP contribution in [0.5, 0.6) is 0 Å². The van der Waals surface area contributed by atoms with Crippen molar-refractivity contribution < 1.29 is 14.2 Å². The van der Waals surface area contributed by atoms with Crippen molar-refractivity contribution >= 4 is 5.96 Å². The Bertz CT molecular complexity index is 381. The Morgan fingerprint density at radius 2 is 1.85 bits per heavy atom. The molecule has 0 aromatic heterocycles. The van der Waals surface area contributed by atoms with Crippen molar-refractivity contribution in [3.05, 3.63) is 0 Å². The highest BCUT2D eigenvalue weighted by Crippen LogP contribution is 2.14. The molecule has 0 amide bonds. The lowest BCUT2D eigenvalue weighted by molar-refractivity contribution is 0.00991. The number of hydrogen-bond donors (Lipinski definition) is 1. The zero-order valence-corrected chi connectivity index (χ0v) is 16.8. The molecule has 0 atom stereocenters.